The molecule has 122 valence electrons. The molecule has 1 heterocycles. The molecule has 1 aliphatic heterocycles. The third kappa shape index (κ3) is 3.95. The van der Waals surface area contributed by atoms with E-state index in [-0.39, 0.29) is 11.6 Å². The smallest absolute Gasteiger partial charge is 0.129 e. The summed E-state index contributed by atoms with van der Waals surface area (Å²) in [5, 5.41) is 0. The fraction of sp³-hybridized carbons (Fsp3) is 0.368. The van der Waals surface area contributed by atoms with E-state index in [1.807, 2.05) is 0 Å². The predicted molar refractivity (Wildman–Crippen MR) is 86.3 cm³/mol. The molecule has 0 aromatic heterocycles. The Morgan fingerprint density at radius 3 is 1.91 bits per heavy atom. The van der Waals surface area contributed by atoms with Gasteiger partial charge in [0.15, 0.2) is 0 Å². The van der Waals surface area contributed by atoms with Crippen LogP contribution in [0.4, 0.5) is 8.78 Å². The van der Waals surface area contributed by atoms with E-state index < -0.39 is 6.10 Å². The monoisotopic (exact) mass is 317 g/mol. The molecule has 2 nitrogen and oxygen atoms in total. The standard InChI is InChI=1S/C19H21F2NO/c20-17-9-3-1-7-15(17)19(16-8-2-4-10-18(16)21)23-14-13-22-11-5-6-12-22/h1-4,7-10,19H,5-6,11-14H2. The molecule has 0 radical (unpaired) electrons. The first-order valence-corrected chi connectivity index (χ1v) is 8.08. The molecule has 0 N–H and O–H groups in total. The summed E-state index contributed by atoms with van der Waals surface area (Å²) in [5.74, 6) is -0.746. The van der Waals surface area contributed by atoms with Gasteiger partial charge in [-0.1, -0.05) is 36.4 Å². The minimum atomic E-state index is -0.722. The van der Waals surface area contributed by atoms with Crippen LogP contribution in [-0.2, 0) is 4.74 Å². The van der Waals surface area contributed by atoms with Crippen LogP contribution in [0, 0.1) is 11.6 Å². The van der Waals surface area contributed by atoms with Crippen molar-refractivity contribution in [1.82, 2.24) is 4.90 Å². The third-order valence-corrected chi connectivity index (χ3v) is 4.27. The van der Waals surface area contributed by atoms with Gasteiger partial charge in [-0.05, 0) is 38.1 Å². The maximum atomic E-state index is 14.2. The average molecular weight is 317 g/mol. The minimum absolute atomic E-state index is 0.373. The fourth-order valence-corrected chi connectivity index (χ4v) is 3.03. The van der Waals surface area contributed by atoms with Crippen molar-refractivity contribution < 1.29 is 13.5 Å². The first-order valence-electron chi connectivity index (χ1n) is 8.08. The van der Waals surface area contributed by atoms with E-state index in [2.05, 4.69) is 4.90 Å². The highest BCUT2D eigenvalue weighted by molar-refractivity contribution is 5.32. The summed E-state index contributed by atoms with van der Waals surface area (Å²) < 4.78 is 34.3. The zero-order chi connectivity index (χ0) is 16.1. The summed E-state index contributed by atoms with van der Waals surface area (Å²) in [6.45, 7) is 3.40. The van der Waals surface area contributed by atoms with Crippen LogP contribution in [0.5, 0.6) is 0 Å². The number of hydrogen-bond donors (Lipinski definition) is 0. The van der Waals surface area contributed by atoms with Crippen molar-refractivity contribution in [3.8, 4) is 0 Å². The molecule has 0 spiro atoms. The van der Waals surface area contributed by atoms with Gasteiger partial charge in [-0.15, -0.1) is 0 Å². The lowest BCUT2D eigenvalue weighted by molar-refractivity contribution is 0.0603. The van der Waals surface area contributed by atoms with Crippen molar-refractivity contribution in [1.29, 1.82) is 0 Å². The molecular formula is C19H21F2NO. The Hall–Kier alpha value is -1.78. The summed E-state index contributed by atoms with van der Waals surface area (Å²) in [6.07, 6.45) is 1.70. The summed E-state index contributed by atoms with van der Waals surface area (Å²) in [4.78, 5) is 2.32. The average Bonchev–Trinajstić information content (AvgIpc) is 3.07. The molecule has 0 atom stereocenters. The van der Waals surface area contributed by atoms with Crippen LogP contribution in [0.3, 0.4) is 0 Å². The van der Waals surface area contributed by atoms with Crippen LogP contribution >= 0.6 is 0 Å². The largest absolute Gasteiger partial charge is 0.367 e. The number of halogens is 2. The topological polar surface area (TPSA) is 12.5 Å². The SMILES string of the molecule is Fc1ccccc1C(OCCN1CCCC1)c1ccccc1F. The van der Waals surface area contributed by atoms with E-state index in [1.165, 1.54) is 25.0 Å². The predicted octanol–water partition coefficient (Wildman–Crippen LogP) is 4.17. The summed E-state index contributed by atoms with van der Waals surface area (Å²) >= 11 is 0. The lowest BCUT2D eigenvalue weighted by Gasteiger charge is -2.22. The second-order valence-corrected chi connectivity index (χ2v) is 5.84. The molecule has 1 fully saturated rings. The summed E-state index contributed by atoms with van der Waals surface area (Å²) in [6, 6.07) is 12.8. The number of benzene rings is 2. The highest BCUT2D eigenvalue weighted by Crippen LogP contribution is 2.29. The number of ether oxygens (including phenoxy) is 1. The van der Waals surface area contributed by atoms with Crippen LogP contribution in [0.15, 0.2) is 48.5 Å². The van der Waals surface area contributed by atoms with Gasteiger partial charge >= 0.3 is 0 Å². The molecule has 0 unspecified atom stereocenters. The molecule has 2 aromatic carbocycles. The zero-order valence-electron chi connectivity index (χ0n) is 13.1. The van der Waals surface area contributed by atoms with E-state index in [9.17, 15) is 8.78 Å². The quantitative estimate of drug-likeness (QED) is 0.793. The zero-order valence-corrected chi connectivity index (χ0v) is 13.1. The maximum absolute atomic E-state index is 14.2. The van der Waals surface area contributed by atoms with Gasteiger partial charge < -0.3 is 9.64 Å². The van der Waals surface area contributed by atoms with Crippen LogP contribution in [0.25, 0.3) is 0 Å². The molecule has 23 heavy (non-hydrogen) atoms. The molecular weight excluding hydrogens is 296 g/mol. The Labute approximate surface area is 135 Å². The Morgan fingerprint density at radius 1 is 0.870 bits per heavy atom. The van der Waals surface area contributed by atoms with Crippen LogP contribution in [0.1, 0.15) is 30.1 Å². The van der Waals surface area contributed by atoms with Gasteiger partial charge in [-0.25, -0.2) is 8.78 Å². The summed E-state index contributed by atoms with van der Waals surface area (Å²) in [7, 11) is 0. The minimum Gasteiger partial charge on any atom is -0.367 e. The van der Waals surface area contributed by atoms with Gasteiger partial charge in [0.2, 0.25) is 0 Å². The molecule has 0 amide bonds. The molecule has 2 aromatic rings. The highest BCUT2D eigenvalue weighted by atomic mass is 19.1. The van der Waals surface area contributed by atoms with E-state index in [1.54, 1.807) is 36.4 Å². The van der Waals surface area contributed by atoms with Gasteiger partial charge in [-0.2, -0.15) is 0 Å². The second-order valence-electron chi connectivity index (χ2n) is 5.84. The number of nitrogens with zero attached hydrogens (tertiary/aromatic N) is 1. The second kappa shape index (κ2) is 7.66. The van der Waals surface area contributed by atoms with Crippen LogP contribution in [0.2, 0.25) is 0 Å². The van der Waals surface area contributed by atoms with Crippen molar-refractivity contribution >= 4 is 0 Å². The van der Waals surface area contributed by atoms with Crippen molar-refractivity contribution in [3.05, 3.63) is 71.3 Å². The molecule has 1 saturated heterocycles. The van der Waals surface area contributed by atoms with Crippen LogP contribution in [-0.4, -0.2) is 31.1 Å². The van der Waals surface area contributed by atoms with E-state index in [0.717, 1.165) is 19.6 Å². The Balaban J connectivity index is 1.79. The van der Waals surface area contributed by atoms with Gasteiger partial charge in [0, 0.05) is 17.7 Å². The third-order valence-electron chi connectivity index (χ3n) is 4.27. The Kier molecular flexibility index (Phi) is 5.36. The van der Waals surface area contributed by atoms with Crippen molar-refractivity contribution in [2.75, 3.05) is 26.2 Å². The molecule has 4 heteroatoms. The normalized spacial score (nSPS) is 15.4. The fourth-order valence-electron chi connectivity index (χ4n) is 3.03. The van der Waals surface area contributed by atoms with E-state index >= 15 is 0 Å². The van der Waals surface area contributed by atoms with Crippen molar-refractivity contribution in [2.24, 2.45) is 0 Å². The molecule has 0 saturated carbocycles. The van der Waals surface area contributed by atoms with Crippen LogP contribution < -0.4 is 0 Å². The van der Waals surface area contributed by atoms with Gasteiger partial charge in [0.05, 0.1) is 6.61 Å². The van der Waals surface area contributed by atoms with Gasteiger partial charge in [0.25, 0.3) is 0 Å². The lowest BCUT2D eigenvalue weighted by atomic mass is 10.0. The van der Waals surface area contributed by atoms with Gasteiger partial charge in [0.1, 0.15) is 17.7 Å². The summed E-state index contributed by atoms with van der Waals surface area (Å²) in [5.41, 5.74) is 0.748. The maximum Gasteiger partial charge on any atom is 0.129 e. The van der Waals surface area contributed by atoms with Gasteiger partial charge in [-0.3, -0.25) is 0 Å². The molecule has 1 aliphatic rings. The lowest BCUT2D eigenvalue weighted by Crippen LogP contribution is -2.25. The van der Waals surface area contributed by atoms with E-state index in [4.69, 9.17) is 4.74 Å². The Bertz CT molecular complexity index is 595. The number of rotatable bonds is 6. The van der Waals surface area contributed by atoms with Crippen molar-refractivity contribution in [2.45, 2.75) is 18.9 Å². The molecule has 0 bridgehead atoms. The van der Waals surface area contributed by atoms with E-state index in [0.29, 0.717) is 17.7 Å². The first kappa shape index (κ1) is 16.1. The molecule has 0 aliphatic carbocycles. The van der Waals surface area contributed by atoms with Crippen molar-refractivity contribution in [3.63, 3.8) is 0 Å². The first-order chi connectivity index (χ1) is 11.3. The number of hydrogen-bond acceptors (Lipinski definition) is 2. The number of likely N-dealkylation sites (tertiary alicyclic amines) is 1. The molecule has 3 rings (SSSR count). The highest BCUT2D eigenvalue weighted by Gasteiger charge is 2.22. The Morgan fingerprint density at radius 2 is 1.39 bits per heavy atom.